The number of rotatable bonds is 3. The molecule has 0 fully saturated rings. The molecule has 0 bridgehead atoms. The Bertz CT molecular complexity index is 659. The number of hydrogen-bond donors (Lipinski definition) is 1. The molecule has 2 aromatic rings. The van der Waals surface area contributed by atoms with Crippen LogP contribution in [-0.2, 0) is 16.8 Å². The highest BCUT2D eigenvalue weighted by atomic mass is 32.2. The molecule has 3 heteroatoms. The van der Waals surface area contributed by atoms with Crippen molar-refractivity contribution in [1.82, 2.24) is 0 Å². The van der Waals surface area contributed by atoms with Crippen molar-refractivity contribution >= 4 is 17.0 Å². The molecule has 0 aliphatic carbocycles. The maximum Gasteiger partial charge on any atom is 0.179 e. The van der Waals surface area contributed by atoms with Gasteiger partial charge in [0.25, 0.3) is 0 Å². The molecule has 0 saturated heterocycles. The quantitative estimate of drug-likeness (QED) is 0.831. The van der Waals surface area contributed by atoms with E-state index in [4.69, 9.17) is 1.37 Å². The number of hydrogen-bond acceptors (Lipinski definition) is 2. The van der Waals surface area contributed by atoms with Gasteiger partial charge in [0, 0.05) is 0 Å². The molecule has 0 spiro atoms. The zero-order valence-electron chi connectivity index (χ0n) is 14.3. The highest BCUT2D eigenvalue weighted by Crippen LogP contribution is 2.26. The van der Waals surface area contributed by atoms with E-state index in [0.29, 0.717) is 10.9 Å². The molecule has 0 heterocycles. The largest absolute Gasteiger partial charge is 0.588 e. The lowest BCUT2D eigenvalue weighted by Gasteiger charge is -2.20. The monoisotopic (exact) mass is 302 g/mol. The third-order valence-corrected chi connectivity index (χ3v) is 4.55. The van der Waals surface area contributed by atoms with Crippen molar-refractivity contribution in [3.05, 3.63) is 59.1 Å². The second kappa shape index (κ2) is 6.12. The van der Waals surface area contributed by atoms with E-state index in [0.717, 1.165) is 22.4 Å². The van der Waals surface area contributed by atoms with Crippen LogP contribution in [0.15, 0.2) is 47.3 Å². The van der Waals surface area contributed by atoms with Crippen molar-refractivity contribution in [1.29, 1.82) is 0 Å². The zero-order valence-corrected chi connectivity index (χ0v) is 14.1. The summed E-state index contributed by atoms with van der Waals surface area (Å²) in [5.41, 5.74) is 3.89. The Morgan fingerprint density at radius 3 is 2.19 bits per heavy atom. The zero-order chi connectivity index (χ0) is 16.5. The van der Waals surface area contributed by atoms with Crippen LogP contribution in [0.2, 0.25) is 0 Å². The molecule has 2 aromatic carbocycles. The Labute approximate surface area is 132 Å². The highest BCUT2D eigenvalue weighted by molar-refractivity contribution is 7.92. The first-order chi connectivity index (χ1) is 10.2. The van der Waals surface area contributed by atoms with Crippen LogP contribution in [0.1, 0.15) is 38.8 Å². The van der Waals surface area contributed by atoms with E-state index in [2.05, 4.69) is 25.5 Å². The predicted molar refractivity (Wildman–Crippen MR) is 91.1 cm³/mol. The Morgan fingerprint density at radius 1 is 1.05 bits per heavy atom. The summed E-state index contributed by atoms with van der Waals surface area (Å²) < 4.78 is 23.8. The molecule has 0 aromatic heterocycles. The first kappa shape index (κ1) is 14.5. The Hall–Kier alpha value is -1.45. The standard InChI is InChI=1S/C18H23NOS/c1-13-7-6-8-14(2)17(13)19-21(20)16-11-9-15(10-12-16)18(3,4)5/h6-12,19H,1-5H3/i9D. The smallest absolute Gasteiger partial charge is 0.179 e. The fourth-order valence-corrected chi connectivity index (χ4v) is 3.10. The van der Waals surface area contributed by atoms with Crippen LogP contribution < -0.4 is 4.72 Å². The van der Waals surface area contributed by atoms with E-state index in [1.807, 2.05) is 44.2 Å². The molecule has 0 radical (unpaired) electrons. The molecular formula is C18H23NOS. The maximum atomic E-state index is 12.5. The second-order valence-corrected chi connectivity index (χ2v) is 7.54. The number of aryl methyl sites for hydroxylation is 2. The van der Waals surface area contributed by atoms with Crippen molar-refractivity contribution in [3.8, 4) is 0 Å². The van der Waals surface area contributed by atoms with Gasteiger partial charge in [0.05, 0.1) is 7.06 Å². The Kier molecular flexibility index (Phi) is 4.22. The first-order valence-corrected chi connectivity index (χ1v) is 8.21. The van der Waals surface area contributed by atoms with Crippen molar-refractivity contribution in [2.75, 3.05) is 4.72 Å². The van der Waals surface area contributed by atoms with Gasteiger partial charge in [0.15, 0.2) is 4.90 Å². The van der Waals surface area contributed by atoms with Gasteiger partial charge >= 0.3 is 0 Å². The average Bonchev–Trinajstić information content (AvgIpc) is 2.41. The lowest BCUT2D eigenvalue weighted by atomic mass is 9.87. The number of benzene rings is 2. The molecule has 1 unspecified atom stereocenters. The summed E-state index contributed by atoms with van der Waals surface area (Å²) in [6.45, 7) is 10.2. The topological polar surface area (TPSA) is 35.1 Å². The van der Waals surface area contributed by atoms with Crippen LogP contribution in [0.4, 0.5) is 5.69 Å². The molecule has 112 valence electrons. The fraction of sp³-hybridized carbons (Fsp3) is 0.333. The van der Waals surface area contributed by atoms with Crippen LogP contribution in [0.3, 0.4) is 0 Å². The van der Waals surface area contributed by atoms with Crippen LogP contribution in [0.25, 0.3) is 0 Å². The fourth-order valence-electron chi connectivity index (χ4n) is 2.12. The molecular weight excluding hydrogens is 278 g/mol. The van der Waals surface area contributed by atoms with Gasteiger partial charge in [0.2, 0.25) is 0 Å². The van der Waals surface area contributed by atoms with Crippen LogP contribution in [-0.4, -0.2) is 4.55 Å². The van der Waals surface area contributed by atoms with Gasteiger partial charge in [-0.1, -0.05) is 51.1 Å². The van der Waals surface area contributed by atoms with Crippen molar-refractivity contribution in [2.45, 2.75) is 44.9 Å². The van der Waals surface area contributed by atoms with Gasteiger partial charge in [0.1, 0.15) is 11.4 Å². The van der Waals surface area contributed by atoms with E-state index in [-0.39, 0.29) is 5.41 Å². The van der Waals surface area contributed by atoms with Gasteiger partial charge in [-0.2, -0.15) is 0 Å². The Balaban J connectivity index is 2.27. The molecule has 2 nitrogen and oxygen atoms in total. The molecule has 0 aliphatic heterocycles. The summed E-state index contributed by atoms with van der Waals surface area (Å²) in [4.78, 5) is 0.626. The molecule has 1 N–H and O–H groups in total. The summed E-state index contributed by atoms with van der Waals surface area (Å²) in [6.07, 6.45) is 0. The number of para-hydroxylation sites is 1. The lowest BCUT2D eigenvalue weighted by Crippen LogP contribution is -2.16. The van der Waals surface area contributed by atoms with E-state index < -0.39 is 11.4 Å². The van der Waals surface area contributed by atoms with Crippen LogP contribution >= 0.6 is 0 Å². The summed E-state index contributed by atoms with van der Waals surface area (Å²) in [6, 6.07) is 11.8. The summed E-state index contributed by atoms with van der Waals surface area (Å²) in [5, 5.41) is 0. The van der Waals surface area contributed by atoms with E-state index in [1.54, 1.807) is 6.07 Å². The van der Waals surface area contributed by atoms with Crippen molar-refractivity contribution in [2.24, 2.45) is 0 Å². The molecule has 2 rings (SSSR count). The van der Waals surface area contributed by atoms with Gasteiger partial charge in [-0.15, -0.1) is 0 Å². The minimum Gasteiger partial charge on any atom is -0.588 e. The van der Waals surface area contributed by atoms with E-state index >= 15 is 0 Å². The minimum absolute atomic E-state index is 0.0862. The molecule has 21 heavy (non-hydrogen) atoms. The van der Waals surface area contributed by atoms with Crippen molar-refractivity contribution in [3.63, 3.8) is 0 Å². The minimum atomic E-state index is -1.37. The van der Waals surface area contributed by atoms with Crippen LogP contribution in [0.5, 0.6) is 0 Å². The first-order valence-electron chi connectivity index (χ1n) is 7.56. The third-order valence-electron chi connectivity index (χ3n) is 3.48. The Morgan fingerprint density at radius 2 is 1.67 bits per heavy atom. The second-order valence-electron chi connectivity index (χ2n) is 6.33. The average molecular weight is 302 g/mol. The summed E-state index contributed by atoms with van der Waals surface area (Å²) in [7, 11) is 0. The van der Waals surface area contributed by atoms with Gasteiger partial charge < -0.3 is 4.55 Å². The van der Waals surface area contributed by atoms with Crippen molar-refractivity contribution < 1.29 is 5.92 Å². The van der Waals surface area contributed by atoms with Crippen LogP contribution in [0, 0.1) is 13.8 Å². The van der Waals surface area contributed by atoms with Gasteiger partial charge in [-0.05, 0) is 48.1 Å². The van der Waals surface area contributed by atoms with Gasteiger partial charge in [-0.25, -0.2) is 4.72 Å². The molecule has 1 atom stereocenters. The molecule has 0 aliphatic rings. The SMILES string of the molecule is [2H]c1cc([S+]([O-])Nc2c(C)cccc2C)ccc1C(C)(C)C. The normalized spacial score (nSPS) is 13.7. The summed E-state index contributed by atoms with van der Waals surface area (Å²) in [5.74, 6) is 0. The molecule has 0 amide bonds. The van der Waals surface area contributed by atoms with E-state index in [1.165, 1.54) is 0 Å². The molecule has 0 saturated carbocycles. The van der Waals surface area contributed by atoms with Gasteiger partial charge in [-0.3, -0.25) is 0 Å². The third kappa shape index (κ3) is 3.80. The highest BCUT2D eigenvalue weighted by Gasteiger charge is 2.17. The predicted octanol–water partition coefficient (Wildman–Crippen LogP) is 4.74. The number of nitrogens with one attached hydrogen (secondary N) is 1. The summed E-state index contributed by atoms with van der Waals surface area (Å²) >= 11 is -1.37. The van der Waals surface area contributed by atoms with E-state index in [9.17, 15) is 4.55 Å². The lowest BCUT2D eigenvalue weighted by molar-refractivity contribution is 0.587. The maximum absolute atomic E-state index is 12.5. The number of anilines is 1.